The van der Waals surface area contributed by atoms with E-state index in [1.807, 2.05) is 24.3 Å². The number of amides is 8. The first-order chi connectivity index (χ1) is 49.3. The second-order valence-corrected chi connectivity index (χ2v) is 25.5. The topological polar surface area (TPSA) is 304 Å². The summed E-state index contributed by atoms with van der Waals surface area (Å²) in [5.41, 5.74) is 13.2. The van der Waals surface area contributed by atoms with Gasteiger partial charge in [0.05, 0.1) is 34.1 Å². The Morgan fingerprint density at radius 2 is 0.451 bits per heavy atom. The van der Waals surface area contributed by atoms with Crippen LogP contribution in [-0.4, -0.2) is 41.5 Å². The summed E-state index contributed by atoms with van der Waals surface area (Å²) in [6, 6.07) is 29.6. The third-order valence-electron chi connectivity index (χ3n) is 19.0. The van der Waals surface area contributed by atoms with Gasteiger partial charge in [0.1, 0.15) is 46.0 Å². The summed E-state index contributed by atoms with van der Waals surface area (Å²) >= 11 is 0. The van der Waals surface area contributed by atoms with Gasteiger partial charge in [-0.25, -0.2) is 4.79 Å². The number of rotatable bonds is 17. The molecule has 102 heavy (non-hydrogen) atoms. The Bertz CT molecular complexity index is 4820. The number of nitrogens with one attached hydrogen (secondary N) is 7. The lowest BCUT2D eigenvalue weighted by Gasteiger charge is -2.29. The molecule has 4 unspecified atom stereocenters. The molecular formula is C79H80N8O15. The minimum absolute atomic E-state index is 0.108. The molecule has 8 aromatic carbocycles. The molecule has 13 rings (SSSR count). The van der Waals surface area contributed by atoms with Crippen LogP contribution in [0.2, 0.25) is 0 Å². The van der Waals surface area contributed by atoms with E-state index in [1.165, 1.54) is 0 Å². The van der Waals surface area contributed by atoms with Gasteiger partial charge in [-0.05, 0) is 62.1 Å². The maximum absolute atomic E-state index is 13.5. The van der Waals surface area contributed by atoms with Crippen molar-refractivity contribution in [2.75, 3.05) is 37.2 Å². The Labute approximate surface area is 589 Å². The summed E-state index contributed by atoms with van der Waals surface area (Å²) in [7, 11) is 0. The minimum atomic E-state index is -0.811. The van der Waals surface area contributed by atoms with Crippen molar-refractivity contribution in [3.8, 4) is 92.0 Å². The highest BCUT2D eigenvalue weighted by Crippen LogP contribution is 2.60. The van der Waals surface area contributed by atoms with Gasteiger partial charge in [-0.2, -0.15) is 0 Å². The van der Waals surface area contributed by atoms with Crippen molar-refractivity contribution in [1.82, 2.24) is 0 Å². The molecule has 0 aromatic heterocycles. The third-order valence-corrected chi connectivity index (χ3v) is 19.0. The van der Waals surface area contributed by atoms with E-state index in [2.05, 4.69) is 89.2 Å². The summed E-state index contributed by atoms with van der Waals surface area (Å²) in [5.74, 6) is -0.251. The van der Waals surface area contributed by atoms with Crippen LogP contribution in [0.15, 0.2) is 103 Å². The number of hydrogen-bond acceptors (Lipinski definition) is 15. The zero-order valence-corrected chi connectivity index (χ0v) is 58.4. The van der Waals surface area contributed by atoms with Crippen molar-refractivity contribution in [3.63, 3.8) is 0 Å². The number of hydrogen-bond donors (Lipinski definition) is 8. The van der Waals surface area contributed by atoms with Crippen LogP contribution >= 0.6 is 0 Å². The van der Waals surface area contributed by atoms with Gasteiger partial charge in [0.25, 0.3) is 0 Å². The van der Waals surface area contributed by atoms with E-state index in [-0.39, 0.29) is 154 Å². The van der Waals surface area contributed by atoms with Crippen molar-refractivity contribution in [2.45, 2.75) is 157 Å². The molecular weight excluding hydrogens is 1300 g/mol. The molecule has 23 heteroatoms. The van der Waals surface area contributed by atoms with Crippen LogP contribution in [0.5, 0.6) is 92.0 Å². The van der Waals surface area contributed by atoms with E-state index in [0.717, 1.165) is 16.7 Å². The van der Waals surface area contributed by atoms with Crippen LogP contribution in [-0.2, 0) is 28.8 Å². The third kappa shape index (κ3) is 13.2. The van der Waals surface area contributed by atoms with E-state index in [9.17, 15) is 33.6 Å². The average molecular weight is 1380 g/mol. The summed E-state index contributed by atoms with van der Waals surface area (Å²) in [5, 5.41) is 20.5. The first-order valence-corrected chi connectivity index (χ1v) is 34.9. The fourth-order valence-corrected chi connectivity index (χ4v) is 13.7. The molecule has 5 aliphatic rings. The number of primary amides is 1. The number of carbonyl (C=O) groups excluding carboxylic acids is 7. The Kier molecular flexibility index (Phi) is 19.2. The van der Waals surface area contributed by atoms with E-state index in [4.69, 9.17) is 43.6 Å². The molecule has 8 aromatic rings. The molecule has 0 saturated carbocycles. The summed E-state index contributed by atoms with van der Waals surface area (Å²) in [6.45, 7) is 18.6. The fraction of sp³-hybridized carbons (Fsp3) is 0.304. The smallest absolute Gasteiger partial charge is 0.316 e. The first kappa shape index (κ1) is 68.8. The average Bonchev–Trinajstić information content (AvgIpc) is 1.46. The lowest BCUT2D eigenvalue weighted by atomic mass is 9.77. The van der Waals surface area contributed by atoms with Crippen molar-refractivity contribution in [2.24, 2.45) is 5.73 Å². The van der Waals surface area contributed by atoms with Gasteiger partial charge in [0.15, 0.2) is 46.0 Å². The van der Waals surface area contributed by atoms with Gasteiger partial charge in [-0.1, -0.05) is 69.2 Å². The summed E-state index contributed by atoms with van der Waals surface area (Å²) < 4.78 is 58.4. The maximum Gasteiger partial charge on any atom is 0.316 e. The predicted octanol–water partition coefficient (Wildman–Crippen LogP) is 19.3. The lowest BCUT2D eigenvalue weighted by molar-refractivity contribution is -0.116. The van der Waals surface area contributed by atoms with E-state index < -0.39 is 29.7 Å². The minimum Gasteiger partial charge on any atom is -0.453 e. The molecule has 4 heterocycles. The summed E-state index contributed by atoms with van der Waals surface area (Å²) in [6.07, 6.45) is 2.50. The molecule has 23 nitrogen and oxygen atoms in total. The largest absolute Gasteiger partial charge is 0.453 e. The van der Waals surface area contributed by atoms with Crippen LogP contribution in [0.1, 0.15) is 202 Å². The Morgan fingerprint density at radius 1 is 0.255 bits per heavy atom. The fourth-order valence-electron chi connectivity index (χ4n) is 13.7. The molecule has 0 fully saturated rings. The van der Waals surface area contributed by atoms with Gasteiger partial charge in [-0.15, -0.1) is 0 Å². The number of urea groups is 1. The Hall–Kier alpha value is -11.8. The normalized spacial score (nSPS) is 15.7. The highest BCUT2D eigenvalue weighted by molar-refractivity contribution is 6.03. The highest BCUT2D eigenvalue weighted by atomic mass is 16.5. The van der Waals surface area contributed by atoms with Gasteiger partial charge < -0.3 is 80.8 Å². The second kappa shape index (κ2) is 28.5. The number of carbonyl (C=O) groups is 7. The standard InChI is InChI=1S/C79H80N8O15/c1-11-39-43-24-45-40(12-2)47-26-49-42(14-4)50-27-48-41(13-3)46-25-44(39)59-35-61(46)98-69-30-53(84-75(90)17-7)54(85-76(91)18-8)31-70(69)100-63(48)37-65(50)102-72-33-56(87-78(93)20-10)55(86-77(92)19-9)32-71(72)101-64(49)36-62(47)99-68-29-52(83-74(89)16-6)51(82-73(88)15-5)28-67(68)97-60(45)34-58(43)95-57-22-21-38(81-79(80)94)23-66(57)96-59/h21-37,39-42H,11-20H2,1-10H3,(H,82,88)(H,83,89)(H,84,90)(H,85,91)(H,86,92)(H,87,93)(H3,80,81,94). The predicted molar refractivity (Wildman–Crippen MR) is 387 cm³/mol. The van der Waals surface area contributed by atoms with Crippen LogP contribution < -0.4 is 80.8 Å². The van der Waals surface area contributed by atoms with Gasteiger partial charge >= 0.3 is 6.03 Å². The van der Waals surface area contributed by atoms with Crippen LogP contribution in [0.25, 0.3) is 0 Å². The first-order valence-electron chi connectivity index (χ1n) is 34.9. The number of nitrogens with two attached hydrogens (primary N) is 1. The van der Waals surface area contributed by atoms with Gasteiger partial charge in [-0.3, -0.25) is 28.8 Å². The quantitative estimate of drug-likeness (QED) is 0.0420. The number of ether oxygens (including phenoxy) is 8. The lowest BCUT2D eigenvalue weighted by Crippen LogP contribution is -2.19. The molecule has 0 saturated heterocycles. The van der Waals surface area contributed by atoms with Crippen molar-refractivity contribution in [3.05, 3.63) is 148 Å². The molecule has 0 spiro atoms. The number of benzene rings is 8. The van der Waals surface area contributed by atoms with Crippen molar-refractivity contribution in [1.29, 1.82) is 0 Å². The maximum atomic E-state index is 13.5. The number of anilines is 7. The Balaban J connectivity index is 1.21. The van der Waals surface area contributed by atoms with Gasteiger partial charge in [0.2, 0.25) is 35.4 Å². The molecule has 9 N–H and O–H groups in total. The zero-order chi connectivity index (χ0) is 71.9. The van der Waals surface area contributed by atoms with Crippen molar-refractivity contribution < 1.29 is 71.5 Å². The van der Waals surface area contributed by atoms with Crippen LogP contribution in [0, 0.1) is 0 Å². The van der Waals surface area contributed by atoms with Gasteiger partial charge in [0, 0.05) is 179 Å². The molecule has 1 aliphatic carbocycles. The number of fused-ring (bicyclic) bond motifs is 4. The van der Waals surface area contributed by atoms with E-state index in [0.29, 0.717) is 105 Å². The van der Waals surface area contributed by atoms with Crippen molar-refractivity contribution >= 4 is 81.3 Å². The van der Waals surface area contributed by atoms with E-state index >= 15 is 0 Å². The van der Waals surface area contributed by atoms with Crippen LogP contribution in [0.4, 0.5) is 44.6 Å². The molecule has 0 radical (unpaired) electrons. The summed E-state index contributed by atoms with van der Waals surface area (Å²) in [4.78, 5) is 93.6. The second-order valence-electron chi connectivity index (χ2n) is 25.5. The molecule has 8 amide bonds. The Morgan fingerprint density at radius 3 is 0.637 bits per heavy atom. The molecule has 8 bridgehead atoms. The molecule has 4 aliphatic heterocycles. The SMILES string of the molecule is CCC(=O)Nc1cc2c(cc1NC(=O)CC)Oc1cc3c4cc1C(CC)c1cc5c(cc1O2)Oc1ccc(NC(N)=O)cc1Oc1cc2c(cc1C5CC)C(CC)c1cc(c(cc1Oc1cc(NC(=O)CC)c(NC(=O)CC)cc1O2)Oc1cc(NC(=O)CC)c(NC(=O)CC)cc1O3)C4CC. The van der Waals surface area contributed by atoms with Crippen LogP contribution in [0.3, 0.4) is 0 Å². The molecule has 4 atom stereocenters. The molecule has 526 valence electrons. The zero-order valence-electron chi connectivity index (χ0n) is 58.4. The highest BCUT2D eigenvalue weighted by Gasteiger charge is 2.39. The van der Waals surface area contributed by atoms with E-state index in [1.54, 1.807) is 96.1 Å². The monoisotopic (exact) mass is 1380 g/mol.